The van der Waals surface area contributed by atoms with E-state index in [1.54, 1.807) is 0 Å². The number of hydrogen-bond acceptors (Lipinski definition) is 5. The maximum atomic E-state index is 10.9. The number of azo groups is 1. The Balaban J connectivity index is 1.58. The molecule has 136 valence electrons. The summed E-state index contributed by atoms with van der Waals surface area (Å²) >= 11 is 1.48. The molecule has 1 N–H and O–H groups in total. The van der Waals surface area contributed by atoms with Gasteiger partial charge in [-0.1, -0.05) is 72.0 Å². The number of benzene rings is 3. The Morgan fingerprint density at radius 1 is 0.857 bits per heavy atom. The Labute approximate surface area is 165 Å². The van der Waals surface area contributed by atoms with E-state index in [9.17, 15) is 5.11 Å². The highest BCUT2D eigenvalue weighted by molar-refractivity contribution is 7.21. The van der Waals surface area contributed by atoms with E-state index < -0.39 is 0 Å². The third-order valence-electron chi connectivity index (χ3n) is 4.62. The molecular weight excluding hydrogens is 368 g/mol. The minimum Gasteiger partial charge on any atom is -0.493 e. The third kappa shape index (κ3) is 2.93. The molecule has 0 saturated heterocycles. The van der Waals surface area contributed by atoms with E-state index in [4.69, 9.17) is 0 Å². The van der Waals surface area contributed by atoms with Gasteiger partial charge in [0.2, 0.25) is 11.0 Å². The second-order valence-electron chi connectivity index (χ2n) is 6.43. The van der Waals surface area contributed by atoms with Gasteiger partial charge >= 0.3 is 0 Å². The minimum atomic E-state index is 0.106. The number of para-hydroxylation sites is 2. The molecular formula is C22H16N4OS. The van der Waals surface area contributed by atoms with Gasteiger partial charge in [-0.15, -0.1) is 10.2 Å². The van der Waals surface area contributed by atoms with Crippen molar-refractivity contribution in [3.05, 3.63) is 84.4 Å². The highest BCUT2D eigenvalue weighted by Gasteiger charge is 2.16. The molecule has 0 radical (unpaired) electrons. The average Bonchev–Trinajstić information content (AvgIpc) is 3.26. The average molecular weight is 384 g/mol. The summed E-state index contributed by atoms with van der Waals surface area (Å²) in [6.07, 6.45) is 0. The second kappa shape index (κ2) is 6.90. The number of hydrogen-bond donors (Lipinski definition) is 1. The van der Waals surface area contributed by atoms with Gasteiger partial charge in [-0.05, 0) is 23.8 Å². The van der Waals surface area contributed by atoms with Crippen molar-refractivity contribution in [3.8, 4) is 5.88 Å². The zero-order valence-electron chi connectivity index (χ0n) is 14.9. The van der Waals surface area contributed by atoms with E-state index in [1.807, 2.05) is 83.4 Å². The molecule has 0 fully saturated rings. The van der Waals surface area contributed by atoms with E-state index in [0.717, 1.165) is 26.7 Å². The molecule has 2 heterocycles. The van der Waals surface area contributed by atoms with Crippen LogP contribution in [0, 0.1) is 0 Å². The zero-order chi connectivity index (χ0) is 18.9. The predicted molar refractivity (Wildman–Crippen MR) is 113 cm³/mol. The number of aromatic hydroxyl groups is 1. The molecule has 5 aromatic rings. The Morgan fingerprint density at radius 3 is 2.46 bits per heavy atom. The van der Waals surface area contributed by atoms with Crippen molar-refractivity contribution in [1.29, 1.82) is 0 Å². The van der Waals surface area contributed by atoms with Crippen LogP contribution >= 0.6 is 11.3 Å². The largest absolute Gasteiger partial charge is 0.493 e. The highest BCUT2D eigenvalue weighted by atomic mass is 32.1. The predicted octanol–water partition coefficient (Wildman–Crippen LogP) is 6.42. The number of fused-ring (bicyclic) bond motifs is 2. The first kappa shape index (κ1) is 16.6. The van der Waals surface area contributed by atoms with Gasteiger partial charge in [0.05, 0.1) is 22.3 Å². The minimum absolute atomic E-state index is 0.106. The fourth-order valence-corrected chi connectivity index (χ4v) is 4.08. The fourth-order valence-electron chi connectivity index (χ4n) is 3.29. The van der Waals surface area contributed by atoms with Gasteiger partial charge in [-0.2, -0.15) is 0 Å². The summed E-state index contributed by atoms with van der Waals surface area (Å²) in [7, 11) is 0. The van der Waals surface area contributed by atoms with Crippen molar-refractivity contribution >= 4 is 43.3 Å². The molecule has 3 aromatic carbocycles. The molecule has 0 amide bonds. The van der Waals surface area contributed by atoms with E-state index in [-0.39, 0.29) is 5.88 Å². The lowest BCUT2D eigenvalue weighted by atomic mass is 10.2. The maximum Gasteiger partial charge on any atom is 0.231 e. The molecule has 5 rings (SSSR count). The Bertz CT molecular complexity index is 1270. The van der Waals surface area contributed by atoms with E-state index >= 15 is 0 Å². The van der Waals surface area contributed by atoms with E-state index in [0.29, 0.717) is 17.4 Å². The molecule has 0 atom stereocenters. The van der Waals surface area contributed by atoms with Crippen LogP contribution in [0.1, 0.15) is 5.56 Å². The second-order valence-corrected chi connectivity index (χ2v) is 7.43. The summed E-state index contributed by atoms with van der Waals surface area (Å²) < 4.78 is 2.92. The van der Waals surface area contributed by atoms with Crippen LogP contribution < -0.4 is 0 Å². The monoisotopic (exact) mass is 384 g/mol. The molecule has 28 heavy (non-hydrogen) atoms. The molecule has 0 unspecified atom stereocenters. The quantitative estimate of drug-likeness (QED) is 0.363. The van der Waals surface area contributed by atoms with Gasteiger partial charge in [0.25, 0.3) is 0 Å². The van der Waals surface area contributed by atoms with Crippen LogP contribution in [0.4, 0.5) is 10.8 Å². The first-order chi connectivity index (χ1) is 13.8. The Kier molecular flexibility index (Phi) is 4.10. The Morgan fingerprint density at radius 2 is 1.61 bits per heavy atom. The normalized spacial score (nSPS) is 11.7. The first-order valence-corrected chi connectivity index (χ1v) is 9.73. The maximum absolute atomic E-state index is 10.9. The van der Waals surface area contributed by atoms with Crippen molar-refractivity contribution in [3.63, 3.8) is 0 Å². The van der Waals surface area contributed by atoms with Crippen molar-refractivity contribution in [2.75, 3.05) is 0 Å². The lowest BCUT2D eigenvalue weighted by Crippen LogP contribution is -1.98. The summed E-state index contributed by atoms with van der Waals surface area (Å²) in [5.41, 5.74) is 3.39. The van der Waals surface area contributed by atoms with Gasteiger partial charge in [-0.25, -0.2) is 4.98 Å². The summed E-state index contributed by atoms with van der Waals surface area (Å²) in [6, 6.07) is 25.8. The topological polar surface area (TPSA) is 62.8 Å². The van der Waals surface area contributed by atoms with Gasteiger partial charge in [0.1, 0.15) is 0 Å². The van der Waals surface area contributed by atoms with Crippen molar-refractivity contribution < 1.29 is 5.11 Å². The molecule has 0 bridgehead atoms. The first-order valence-electron chi connectivity index (χ1n) is 8.91. The lowest BCUT2D eigenvalue weighted by Gasteiger charge is -2.06. The van der Waals surface area contributed by atoms with Gasteiger partial charge in [-0.3, -0.25) is 0 Å². The van der Waals surface area contributed by atoms with Crippen molar-refractivity contribution in [1.82, 2.24) is 9.55 Å². The van der Waals surface area contributed by atoms with E-state index in [2.05, 4.69) is 15.2 Å². The third-order valence-corrected chi connectivity index (χ3v) is 5.54. The molecule has 6 heteroatoms. The number of aromatic nitrogens is 2. The van der Waals surface area contributed by atoms with Gasteiger partial charge in [0.15, 0.2) is 5.69 Å². The highest BCUT2D eigenvalue weighted by Crippen LogP contribution is 2.40. The molecule has 0 spiro atoms. The smallest absolute Gasteiger partial charge is 0.231 e. The van der Waals surface area contributed by atoms with Crippen LogP contribution in [0.25, 0.3) is 21.1 Å². The van der Waals surface area contributed by atoms with Crippen molar-refractivity contribution in [2.24, 2.45) is 10.2 Å². The molecule has 0 saturated carbocycles. The molecule has 2 aromatic heterocycles. The van der Waals surface area contributed by atoms with Crippen LogP contribution in [-0.4, -0.2) is 14.7 Å². The van der Waals surface area contributed by atoms with Crippen LogP contribution in [0.5, 0.6) is 5.88 Å². The van der Waals surface area contributed by atoms with Crippen LogP contribution in [0.2, 0.25) is 0 Å². The SMILES string of the molecule is Oc1c(N=Nc2nc3ccccc3s2)c2ccccc2n1Cc1ccccc1. The van der Waals surface area contributed by atoms with Crippen LogP contribution in [-0.2, 0) is 6.54 Å². The standard InChI is InChI=1S/C22H16N4OS/c27-21-20(24-25-22-23-17-11-5-7-13-19(17)28-22)16-10-4-6-12-18(16)26(21)14-15-8-2-1-3-9-15/h1-13,27H,14H2. The summed E-state index contributed by atoms with van der Waals surface area (Å²) in [5.74, 6) is 0.106. The Hall–Kier alpha value is -3.51. The number of rotatable bonds is 4. The zero-order valence-corrected chi connectivity index (χ0v) is 15.7. The van der Waals surface area contributed by atoms with Gasteiger partial charge in [0, 0.05) is 5.39 Å². The molecule has 0 aliphatic heterocycles. The summed E-state index contributed by atoms with van der Waals surface area (Å²) in [5, 5.41) is 21.0. The number of nitrogens with zero attached hydrogens (tertiary/aromatic N) is 4. The number of thiazole rings is 1. The summed E-state index contributed by atoms with van der Waals surface area (Å²) in [4.78, 5) is 4.48. The van der Waals surface area contributed by atoms with Gasteiger partial charge < -0.3 is 9.67 Å². The fraction of sp³-hybridized carbons (Fsp3) is 0.0455. The van der Waals surface area contributed by atoms with Crippen molar-refractivity contribution in [2.45, 2.75) is 6.54 Å². The molecule has 5 nitrogen and oxygen atoms in total. The lowest BCUT2D eigenvalue weighted by molar-refractivity contribution is 0.429. The van der Waals surface area contributed by atoms with Crippen LogP contribution in [0.15, 0.2) is 89.1 Å². The van der Waals surface area contributed by atoms with E-state index in [1.165, 1.54) is 11.3 Å². The summed E-state index contributed by atoms with van der Waals surface area (Å²) in [6.45, 7) is 0.559. The van der Waals surface area contributed by atoms with Crippen LogP contribution in [0.3, 0.4) is 0 Å². The molecule has 0 aliphatic carbocycles. The molecule has 0 aliphatic rings.